The molecular formula is C31H41ClN4O5. The third-order valence-corrected chi connectivity index (χ3v) is 10.3. The smallest absolute Gasteiger partial charge is 0.246 e. The normalized spacial score (nSPS) is 36.4. The van der Waals surface area contributed by atoms with Gasteiger partial charge in [-0.1, -0.05) is 50.4 Å². The molecule has 1 aromatic rings. The van der Waals surface area contributed by atoms with Gasteiger partial charge in [-0.3, -0.25) is 19.3 Å². The Morgan fingerprint density at radius 3 is 2.59 bits per heavy atom. The zero-order valence-electron chi connectivity index (χ0n) is 23.9. The first-order chi connectivity index (χ1) is 19.8. The second-order valence-corrected chi connectivity index (χ2v) is 12.9. The van der Waals surface area contributed by atoms with Gasteiger partial charge in [-0.15, -0.1) is 0 Å². The molecule has 0 radical (unpaired) electrons. The molecule has 1 saturated carbocycles. The van der Waals surface area contributed by atoms with Gasteiger partial charge >= 0.3 is 0 Å². The highest BCUT2D eigenvalue weighted by Gasteiger charge is 2.72. The molecule has 9 nitrogen and oxygen atoms in total. The predicted molar refractivity (Wildman–Crippen MR) is 155 cm³/mol. The summed E-state index contributed by atoms with van der Waals surface area (Å²) in [5, 5.41) is 6.84. The van der Waals surface area contributed by atoms with Crippen molar-refractivity contribution in [2.45, 2.75) is 63.3 Å². The monoisotopic (exact) mass is 584 g/mol. The molecule has 8 atom stereocenters. The summed E-state index contributed by atoms with van der Waals surface area (Å²) in [5.41, 5.74) is -0.557. The molecule has 8 unspecified atom stereocenters. The van der Waals surface area contributed by atoms with Gasteiger partial charge in [0.15, 0.2) is 0 Å². The average Bonchev–Trinajstić information content (AvgIpc) is 3.60. The molecule has 4 fully saturated rings. The van der Waals surface area contributed by atoms with Crippen LogP contribution in [0.15, 0.2) is 36.4 Å². The number of anilines is 1. The molecule has 1 aromatic carbocycles. The number of likely N-dealkylation sites (tertiary alicyclic amines) is 1. The topological polar surface area (TPSA) is 100 Å². The summed E-state index contributed by atoms with van der Waals surface area (Å²) in [6.07, 6.45) is 7.07. The zero-order chi connectivity index (χ0) is 28.7. The van der Waals surface area contributed by atoms with Gasteiger partial charge < -0.3 is 25.0 Å². The number of fused-ring (bicyclic) bond motifs is 1. The molecule has 3 amide bonds. The van der Waals surface area contributed by atoms with E-state index >= 15 is 0 Å². The lowest BCUT2D eigenvalue weighted by Gasteiger charge is -2.38. The first kappa shape index (κ1) is 28.6. The Labute approximate surface area is 246 Å². The van der Waals surface area contributed by atoms with E-state index in [2.05, 4.69) is 29.4 Å². The van der Waals surface area contributed by atoms with Crippen molar-refractivity contribution < 1.29 is 23.9 Å². The number of carbonyl (C=O) groups excluding carboxylic acids is 3. The lowest BCUT2D eigenvalue weighted by molar-refractivity contribution is -0.141. The second-order valence-electron chi connectivity index (χ2n) is 12.4. The lowest BCUT2D eigenvalue weighted by atomic mass is 9.73. The van der Waals surface area contributed by atoms with Crippen molar-refractivity contribution in [3.63, 3.8) is 0 Å². The third kappa shape index (κ3) is 5.31. The van der Waals surface area contributed by atoms with Gasteiger partial charge in [0.2, 0.25) is 17.7 Å². The fraction of sp³-hybridized carbons (Fsp3) is 0.645. The molecule has 1 aliphatic carbocycles. The average molecular weight is 585 g/mol. The van der Waals surface area contributed by atoms with Gasteiger partial charge in [0.25, 0.3) is 0 Å². The first-order valence-corrected chi connectivity index (χ1v) is 15.5. The van der Waals surface area contributed by atoms with Crippen LogP contribution < -0.4 is 10.6 Å². The van der Waals surface area contributed by atoms with Crippen molar-refractivity contribution in [2.75, 3.05) is 44.7 Å². The minimum absolute atomic E-state index is 0.0542. The molecule has 2 N–H and O–H groups in total. The number of hydrogen-bond donors (Lipinski definition) is 2. The van der Waals surface area contributed by atoms with Gasteiger partial charge in [-0.2, -0.15) is 0 Å². The molecule has 4 aliphatic heterocycles. The fourth-order valence-corrected chi connectivity index (χ4v) is 7.73. The first-order valence-electron chi connectivity index (χ1n) is 15.1. The van der Waals surface area contributed by atoms with Gasteiger partial charge in [-0.05, 0) is 48.9 Å². The van der Waals surface area contributed by atoms with E-state index in [0.29, 0.717) is 42.3 Å². The van der Waals surface area contributed by atoms with Crippen LogP contribution in [-0.4, -0.2) is 90.7 Å². The molecule has 1 spiro atoms. The number of morpholine rings is 1. The van der Waals surface area contributed by atoms with Crippen LogP contribution in [0, 0.1) is 23.7 Å². The number of rotatable bonds is 8. The van der Waals surface area contributed by atoms with Crippen molar-refractivity contribution in [1.29, 1.82) is 0 Å². The van der Waals surface area contributed by atoms with E-state index in [0.717, 1.165) is 45.3 Å². The van der Waals surface area contributed by atoms with Crippen LogP contribution in [0.4, 0.5) is 5.69 Å². The number of ether oxygens (including phenoxy) is 2. The molecule has 222 valence electrons. The summed E-state index contributed by atoms with van der Waals surface area (Å²) in [5.74, 6) is -1.26. The van der Waals surface area contributed by atoms with E-state index in [1.807, 2.05) is 12.2 Å². The minimum Gasteiger partial charge on any atom is -0.379 e. The highest BCUT2D eigenvalue weighted by molar-refractivity contribution is 6.30. The number of nitrogens with zero attached hydrogens (tertiary/aromatic N) is 2. The summed E-state index contributed by atoms with van der Waals surface area (Å²) in [7, 11) is 0. The Hall–Kier alpha value is -2.46. The number of hydrogen-bond acceptors (Lipinski definition) is 6. The van der Waals surface area contributed by atoms with Crippen LogP contribution in [0.3, 0.4) is 0 Å². The highest BCUT2D eigenvalue weighted by Crippen LogP contribution is 2.55. The summed E-state index contributed by atoms with van der Waals surface area (Å²) >= 11 is 6.02. The summed E-state index contributed by atoms with van der Waals surface area (Å²) in [6.45, 7) is 8.83. The van der Waals surface area contributed by atoms with E-state index in [-0.39, 0.29) is 23.8 Å². The van der Waals surface area contributed by atoms with Gasteiger partial charge in [0, 0.05) is 42.9 Å². The maximum absolute atomic E-state index is 14.2. The molecular weight excluding hydrogens is 544 g/mol. The molecule has 2 bridgehead atoms. The number of benzene rings is 1. The molecule has 6 rings (SSSR count). The Balaban J connectivity index is 1.24. The molecule has 0 aromatic heterocycles. The van der Waals surface area contributed by atoms with Gasteiger partial charge in [-0.25, -0.2) is 0 Å². The maximum Gasteiger partial charge on any atom is 0.246 e. The van der Waals surface area contributed by atoms with Crippen LogP contribution in [0.5, 0.6) is 0 Å². The molecule has 3 saturated heterocycles. The van der Waals surface area contributed by atoms with Gasteiger partial charge in [0.05, 0.1) is 31.2 Å². The minimum atomic E-state index is -1.16. The quantitative estimate of drug-likeness (QED) is 0.456. The highest BCUT2D eigenvalue weighted by atomic mass is 35.5. The van der Waals surface area contributed by atoms with E-state index in [1.165, 1.54) is 0 Å². The van der Waals surface area contributed by atoms with Crippen molar-refractivity contribution >= 4 is 35.0 Å². The van der Waals surface area contributed by atoms with Crippen LogP contribution in [0.25, 0.3) is 0 Å². The summed E-state index contributed by atoms with van der Waals surface area (Å²) in [4.78, 5) is 46.0. The lowest BCUT2D eigenvalue weighted by Crippen LogP contribution is -2.58. The van der Waals surface area contributed by atoms with E-state index < -0.39 is 29.6 Å². The Morgan fingerprint density at radius 1 is 1.07 bits per heavy atom. The Morgan fingerprint density at radius 2 is 1.83 bits per heavy atom. The van der Waals surface area contributed by atoms with Crippen LogP contribution in [0.2, 0.25) is 5.02 Å². The third-order valence-electron chi connectivity index (χ3n) is 10.0. The van der Waals surface area contributed by atoms with E-state index in [9.17, 15) is 14.4 Å². The zero-order valence-corrected chi connectivity index (χ0v) is 24.6. The number of nitrogens with one attached hydrogen (secondary N) is 2. The number of amides is 3. The molecule has 41 heavy (non-hydrogen) atoms. The predicted octanol–water partition coefficient (Wildman–Crippen LogP) is 3.09. The van der Waals surface area contributed by atoms with Crippen molar-refractivity contribution in [3.8, 4) is 0 Å². The van der Waals surface area contributed by atoms with Crippen molar-refractivity contribution in [3.05, 3.63) is 41.4 Å². The van der Waals surface area contributed by atoms with Crippen LogP contribution in [0.1, 0.15) is 39.5 Å². The fourth-order valence-electron chi connectivity index (χ4n) is 7.60. The largest absolute Gasteiger partial charge is 0.379 e. The van der Waals surface area contributed by atoms with Gasteiger partial charge in [0.1, 0.15) is 11.6 Å². The maximum atomic E-state index is 14.2. The van der Waals surface area contributed by atoms with Crippen molar-refractivity contribution in [1.82, 2.24) is 15.1 Å². The molecule has 4 heterocycles. The SMILES string of the molecule is CC1CCCC(NC(=O)C2N(CCCN3CCOCC3)C(=O)C3C(C(=O)Nc4ccc(Cl)cc4)C4C=CC32O4)C1C. The number of halogens is 1. The summed E-state index contributed by atoms with van der Waals surface area (Å²) < 4.78 is 12.0. The molecule has 10 heteroatoms. The van der Waals surface area contributed by atoms with Crippen molar-refractivity contribution in [2.24, 2.45) is 23.7 Å². The van der Waals surface area contributed by atoms with Crippen LogP contribution >= 0.6 is 11.6 Å². The van der Waals surface area contributed by atoms with E-state index in [4.69, 9.17) is 21.1 Å². The summed E-state index contributed by atoms with van der Waals surface area (Å²) in [6, 6.07) is 6.12. The Bertz CT molecular complexity index is 1190. The van der Waals surface area contributed by atoms with E-state index in [1.54, 1.807) is 29.2 Å². The number of carbonyl (C=O) groups is 3. The van der Waals surface area contributed by atoms with Crippen LogP contribution in [-0.2, 0) is 23.9 Å². The molecule has 5 aliphatic rings. The second kappa shape index (κ2) is 11.7. The standard InChI is InChI=1S/C31H41ClN4O5/c1-19-5-3-6-23(20(19)2)34-29(38)27-31-12-11-24(41-31)25(28(37)33-22-9-7-21(32)8-10-22)26(31)30(39)36(27)14-4-13-35-15-17-40-18-16-35/h7-12,19-20,23-27H,3-6,13-18H2,1-2H3,(H,33,37)(H,34,38). The Kier molecular flexibility index (Phi) is 8.15.